The molecule has 146 valence electrons. The summed E-state index contributed by atoms with van der Waals surface area (Å²) in [4.78, 5) is 38.2. The summed E-state index contributed by atoms with van der Waals surface area (Å²) >= 11 is 5.97. The molecule has 2 amide bonds. The first-order valence-corrected chi connectivity index (χ1v) is 9.31. The lowest BCUT2D eigenvalue weighted by atomic mass is 10.1. The molecule has 1 unspecified atom stereocenters. The predicted octanol–water partition coefficient (Wildman–Crippen LogP) is 3.49. The second-order valence-corrected chi connectivity index (χ2v) is 7.23. The minimum atomic E-state index is -0.611. The van der Waals surface area contributed by atoms with Crippen molar-refractivity contribution in [1.82, 2.24) is 0 Å². The summed E-state index contributed by atoms with van der Waals surface area (Å²) in [5.74, 6) is -1.77. The summed E-state index contributed by atoms with van der Waals surface area (Å²) in [6, 6.07) is 12.5. The fourth-order valence-corrected chi connectivity index (χ4v) is 3.27. The van der Waals surface area contributed by atoms with Crippen molar-refractivity contribution in [1.29, 1.82) is 0 Å². The molecule has 0 bridgehead atoms. The Balaban J connectivity index is 1.54. The van der Waals surface area contributed by atoms with Crippen molar-refractivity contribution in [2.45, 2.75) is 20.3 Å². The van der Waals surface area contributed by atoms with Crippen LogP contribution >= 0.6 is 11.6 Å². The summed E-state index contributed by atoms with van der Waals surface area (Å²) in [7, 11) is 0. The Labute approximate surface area is 168 Å². The fraction of sp³-hybridized carbons (Fsp3) is 0.286. The van der Waals surface area contributed by atoms with Crippen LogP contribution in [0.4, 0.5) is 11.4 Å². The van der Waals surface area contributed by atoms with Gasteiger partial charge in [-0.15, -0.1) is 0 Å². The van der Waals surface area contributed by atoms with Gasteiger partial charge in [0.1, 0.15) is 0 Å². The number of rotatable bonds is 5. The predicted molar refractivity (Wildman–Crippen MR) is 107 cm³/mol. The quantitative estimate of drug-likeness (QED) is 0.779. The van der Waals surface area contributed by atoms with Crippen LogP contribution < -0.4 is 10.2 Å². The van der Waals surface area contributed by atoms with Crippen molar-refractivity contribution in [3.63, 3.8) is 0 Å². The van der Waals surface area contributed by atoms with E-state index < -0.39 is 24.4 Å². The van der Waals surface area contributed by atoms with E-state index in [2.05, 4.69) is 5.32 Å². The van der Waals surface area contributed by atoms with Crippen LogP contribution in [0.15, 0.2) is 42.5 Å². The molecule has 0 aromatic heterocycles. The van der Waals surface area contributed by atoms with Crippen molar-refractivity contribution >= 4 is 40.8 Å². The molecule has 1 fully saturated rings. The number of anilines is 2. The van der Waals surface area contributed by atoms with E-state index in [1.165, 1.54) is 4.90 Å². The number of benzene rings is 2. The molecule has 6 nitrogen and oxygen atoms in total. The van der Waals surface area contributed by atoms with Gasteiger partial charge in [-0.1, -0.05) is 29.8 Å². The number of carbonyl (C=O) groups excluding carboxylic acids is 3. The molecular formula is C21H21ClN2O4. The average Bonchev–Trinajstić information content (AvgIpc) is 3.05. The zero-order valence-corrected chi connectivity index (χ0v) is 16.5. The molecule has 0 spiro atoms. The number of carbonyl (C=O) groups is 3. The third-order valence-corrected chi connectivity index (χ3v) is 5.04. The van der Waals surface area contributed by atoms with E-state index in [0.29, 0.717) is 16.4 Å². The van der Waals surface area contributed by atoms with Crippen LogP contribution in [0.25, 0.3) is 0 Å². The smallest absolute Gasteiger partial charge is 0.311 e. The Bertz CT molecular complexity index is 928. The molecule has 2 aromatic carbocycles. The summed E-state index contributed by atoms with van der Waals surface area (Å²) in [6.45, 7) is 3.67. The SMILES string of the molecule is Cc1cccc(NC(=O)COC(=O)C2CC(=O)N(c3cccc(Cl)c3)C2)c1C. The fourth-order valence-electron chi connectivity index (χ4n) is 3.09. The van der Waals surface area contributed by atoms with Gasteiger partial charge in [0, 0.05) is 29.4 Å². The third kappa shape index (κ3) is 4.51. The largest absolute Gasteiger partial charge is 0.455 e. The summed E-state index contributed by atoms with van der Waals surface area (Å²) in [6.07, 6.45) is 0.0456. The lowest BCUT2D eigenvalue weighted by Crippen LogP contribution is -2.28. The van der Waals surface area contributed by atoms with E-state index in [1.54, 1.807) is 30.3 Å². The van der Waals surface area contributed by atoms with Crippen LogP contribution in [-0.2, 0) is 19.1 Å². The first-order valence-electron chi connectivity index (χ1n) is 8.94. The Morgan fingerprint density at radius 1 is 1.21 bits per heavy atom. The Morgan fingerprint density at radius 2 is 1.96 bits per heavy atom. The van der Waals surface area contributed by atoms with Crippen LogP contribution in [0.1, 0.15) is 17.5 Å². The minimum Gasteiger partial charge on any atom is -0.455 e. The molecule has 1 atom stereocenters. The topological polar surface area (TPSA) is 75.7 Å². The van der Waals surface area contributed by atoms with Gasteiger partial charge >= 0.3 is 5.97 Å². The van der Waals surface area contributed by atoms with E-state index in [4.69, 9.17) is 16.3 Å². The number of amides is 2. The molecule has 1 aliphatic rings. The maximum atomic E-state index is 12.3. The Kier molecular flexibility index (Phi) is 5.99. The summed E-state index contributed by atoms with van der Waals surface area (Å²) < 4.78 is 5.13. The summed E-state index contributed by atoms with van der Waals surface area (Å²) in [5.41, 5.74) is 3.34. The molecule has 1 saturated heterocycles. The lowest BCUT2D eigenvalue weighted by molar-refractivity contribution is -0.151. The number of aryl methyl sites for hydroxylation is 1. The third-order valence-electron chi connectivity index (χ3n) is 4.80. The van der Waals surface area contributed by atoms with Crippen LogP contribution in [-0.4, -0.2) is 30.9 Å². The number of halogens is 1. The molecule has 1 heterocycles. The summed E-state index contributed by atoms with van der Waals surface area (Å²) in [5, 5.41) is 3.25. The maximum Gasteiger partial charge on any atom is 0.311 e. The molecule has 3 rings (SSSR count). The molecule has 0 aliphatic carbocycles. The molecule has 7 heteroatoms. The zero-order valence-electron chi connectivity index (χ0n) is 15.7. The van der Waals surface area contributed by atoms with Crippen LogP contribution in [0.2, 0.25) is 5.02 Å². The normalized spacial score (nSPS) is 16.2. The lowest BCUT2D eigenvalue weighted by Gasteiger charge is -2.16. The van der Waals surface area contributed by atoms with Crippen LogP contribution in [0, 0.1) is 19.8 Å². The Hall–Kier alpha value is -2.86. The van der Waals surface area contributed by atoms with Gasteiger partial charge in [0.15, 0.2) is 6.61 Å². The minimum absolute atomic E-state index is 0.0456. The monoisotopic (exact) mass is 400 g/mol. The van der Waals surface area contributed by atoms with Gasteiger partial charge in [-0.3, -0.25) is 14.4 Å². The maximum absolute atomic E-state index is 12.3. The van der Waals surface area contributed by atoms with Crippen LogP contribution in [0.5, 0.6) is 0 Å². The second-order valence-electron chi connectivity index (χ2n) is 6.79. The number of nitrogens with zero attached hydrogens (tertiary/aromatic N) is 1. The highest BCUT2D eigenvalue weighted by Crippen LogP contribution is 2.27. The number of hydrogen-bond acceptors (Lipinski definition) is 4. The van der Waals surface area contributed by atoms with Gasteiger partial charge in [0.25, 0.3) is 5.91 Å². The van der Waals surface area contributed by atoms with Crippen molar-refractivity contribution in [3.8, 4) is 0 Å². The second kappa shape index (κ2) is 8.44. The highest BCUT2D eigenvalue weighted by Gasteiger charge is 2.36. The molecule has 1 N–H and O–H groups in total. The number of hydrogen-bond donors (Lipinski definition) is 1. The van der Waals surface area contributed by atoms with Gasteiger partial charge in [0.05, 0.1) is 5.92 Å². The standard InChI is InChI=1S/C21H21ClN2O4/c1-13-5-3-8-18(14(13)2)23-19(25)12-28-21(27)15-9-20(26)24(11-15)17-7-4-6-16(22)10-17/h3-8,10,15H,9,11-12H2,1-2H3,(H,23,25). The highest BCUT2D eigenvalue weighted by atomic mass is 35.5. The van der Waals surface area contributed by atoms with Crippen molar-refractivity contribution < 1.29 is 19.1 Å². The van der Waals surface area contributed by atoms with E-state index in [9.17, 15) is 14.4 Å². The molecule has 1 aliphatic heterocycles. The number of ether oxygens (including phenoxy) is 1. The van der Waals surface area contributed by atoms with Crippen molar-refractivity contribution in [3.05, 3.63) is 58.6 Å². The molecule has 0 saturated carbocycles. The van der Waals surface area contributed by atoms with Gasteiger partial charge in [-0.05, 0) is 49.2 Å². The van der Waals surface area contributed by atoms with Gasteiger partial charge in [-0.2, -0.15) is 0 Å². The van der Waals surface area contributed by atoms with E-state index in [-0.39, 0.29) is 18.9 Å². The van der Waals surface area contributed by atoms with Gasteiger partial charge in [0.2, 0.25) is 5.91 Å². The first kappa shape index (κ1) is 19.9. The zero-order chi connectivity index (χ0) is 20.3. The number of nitrogens with one attached hydrogen (secondary N) is 1. The first-order chi connectivity index (χ1) is 13.3. The Morgan fingerprint density at radius 3 is 2.71 bits per heavy atom. The molecule has 28 heavy (non-hydrogen) atoms. The molecular weight excluding hydrogens is 380 g/mol. The molecule has 2 aromatic rings. The number of esters is 1. The van der Waals surface area contributed by atoms with E-state index in [0.717, 1.165) is 11.1 Å². The van der Waals surface area contributed by atoms with Crippen molar-refractivity contribution in [2.24, 2.45) is 5.92 Å². The van der Waals surface area contributed by atoms with E-state index in [1.807, 2.05) is 26.0 Å². The van der Waals surface area contributed by atoms with Gasteiger partial charge < -0.3 is 15.0 Å². The van der Waals surface area contributed by atoms with Crippen molar-refractivity contribution in [2.75, 3.05) is 23.4 Å². The van der Waals surface area contributed by atoms with Gasteiger partial charge in [-0.25, -0.2) is 0 Å². The highest BCUT2D eigenvalue weighted by molar-refractivity contribution is 6.31. The average molecular weight is 401 g/mol. The van der Waals surface area contributed by atoms with E-state index >= 15 is 0 Å². The molecule has 0 radical (unpaired) electrons. The van der Waals surface area contributed by atoms with Crippen LogP contribution in [0.3, 0.4) is 0 Å².